The van der Waals surface area contributed by atoms with Crippen molar-refractivity contribution < 1.29 is 13.6 Å². The molecule has 1 N–H and O–H groups in total. The van der Waals surface area contributed by atoms with Crippen LogP contribution in [0.1, 0.15) is 16.1 Å². The van der Waals surface area contributed by atoms with Crippen molar-refractivity contribution in [3.8, 4) is 0 Å². The van der Waals surface area contributed by atoms with Crippen molar-refractivity contribution in [3.63, 3.8) is 0 Å². The molecule has 0 saturated heterocycles. The molecule has 18 heavy (non-hydrogen) atoms. The summed E-state index contributed by atoms with van der Waals surface area (Å²) in [6.07, 6.45) is 1.28. The smallest absolute Gasteiger partial charge is 0.276 e. The number of benzene rings is 1. The maximum atomic E-state index is 13.4. The lowest BCUT2D eigenvalue weighted by atomic mass is 10.2. The number of hydrogen-bond donors (Lipinski definition) is 1. The quantitative estimate of drug-likeness (QED) is 0.897. The molecule has 0 aliphatic heterocycles. The molecule has 0 radical (unpaired) electrons. The van der Waals surface area contributed by atoms with E-state index in [2.05, 4.69) is 15.4 Å². The van der Waals surface area contributed by atoms with Crippen LogP contribution < -0.4 is 0 Å². The topological polar surface area (TPSA) is 61.9 Å². The molecule has 0 saturated carbocycles. The Kier molecular flexibility index (Phi) is 3.31. The van der Waals surface area contributed by atoms with Gasteiger partial charge in [0.15, 0.2) is 5.69 Å². The number of carbonyl (C=O) groups excluding carboxylic acids is 1. The predicted molar refractivity (Wildman–Crippen MR) is 58.5 cm³/mol. The van der Waals surface area contributed by atoms with Gasteiger partial charge in [-0.05, 0) is 6.07 Å². The summed E-state index contributed by atoms with van der Waals surface area (Å²) in [5.74, 6) is -1.73. The number of nitrogens with one attached hydrogen (secondary N) is 1. The summed E-state index contributed by atoms with van der Waals surface area (Å²) in [5, 5.41) is 9.47. The molecule has 0 unspecified atom stereocenters. The Morgan fingerprint density at radius 1 is 1.44 bits per heavy atom. The molecule has 1 aromatic heterocycles. The van der Waals surface area contributed by atoms with Gasteiger partial charge in [-0.25, -0.2) is 8.78 Å². The highest BCUT2D eigenvalue weighted by atomic mass is 19.1. The van der Waals surface area contributed by atoms with Crippen molar-refractivity contribution in [3.05, 3.63) is 47.3 Å². The number of halogens is 2. The maximum Gasteiger partial charge on any atom is 0.276 e. The molecule has 0 spiro atoms. The number of hydrogen-bond acceptors (Lipinski definition) is 3. The van der Waals surface area contributed by atoms with Crippen molar-refractivity contribution in [2.45, 2.75) is 6.54 Å². The summed E-state index contributed by atoms with van der Waals surface area (Å²) in [7, 11) is 1.50. The molecule has 2 aromatic rings. The zero-order valence-electron chi connectivity index (χ0n) is 9.52. The Morgan fingerprint density at radius 3 is 2.83 bits per heavy atom. The fourth-order valence-corrected chi connectivity index (χ4v) is 1.48. The summed E-state index contributed by atoms with van der Waals surface area (Å²) < 4.78 is 26.1. The highest BCUT2D eigenvalue weighted by molar-refractivity contribution is 5.91. The number of aromatic nitrogens is 3. The van der Waals surface area contributed by atoms with Crippen LogP contribution in [-0.2, 0) is 6.54 Å². The van der Waals surface area contributed by atoms with Gasteiger partial charge in [-0.3, -0.25) is 4.79 Å². The van der Waals surface area contributed by atoms with Gasteiger partial charge in [0.25, 0.3) is 5.91 Å². The van der Waals surface area contributed by atoms with Gasteiger partial charge in [-0.15, -0.1) is 0 Å². The number of carbonyl (C=O) groups is 1. The number of amides is 1. The molecule has 94 valence electrons. The van der Waals surface area contributed by atoms with Gasteiger partial charge in [0.05, 0.1) is 6.20 Å². The van der Waals surface area contributed by atoms with Gasteiger partial charge in [-0.1, -0.05) is 6.07 Å². The molecule has 0 bridgehead atoms. The van der Waals surface area contributed by atoms with E-state index in [0.29, 0.717) is 0 Å². The first-order valence-corrected chi connectivity index (χ1v) is 5.13. The van der Waals surface area contributed by atoms with Crippen molar-refractivity contribution in [1.82, 2.24) is 20.3 Å². The van der Waals surface area contributed by atoms with Gasteiger partial charge in [-0.2, -0.15) is 15.4 Å². The van der Waals surface area contributed by atoms with Crippen LogP contribution in [0.25, 0.3) is 0 Å². The van der Waals surface area contributed by atoms with Gasteiger partial charge >= 0.3 is 0 Å². The molecule has 2 rings (SSSR count). The molecule has 1 amide bonds. The Balaban J connectivity index is 2.11. The molecule has 0 aliphatic rings. The number of aromatic amines is 1. The third-order valence-corrected chi connectivity index (χ3v) is 2.40. The lowest BCUT2D eigenvalue weighted by Crippen LogP contribution is -2.27. The molecule has 7 heteroatoms. The van der Waals surface area contributed by atoms with E-state index in [-0.39, 0.29) is 17.8 Å². The van der Waals surface area contributed by atoms with Crippen molar-refractivity contribution in [2.24, 2.45) is 0 Å². The monoisotopic (exact) mass is 252 g/mol. The minimum Gasteiger partial charge on any atom is -0.336 e. The average molecular weight is 252 g/mol. The van der Waals surface area contributed by atoms with Crippen LogP contribution in [0.5, 0.6) is 0 Å². The number of nitrogens with zero attached hydrogens (tertiary/aromatic N) is 3. The van der Waals surface area contributed by atoms with Crippen LogP contribution >= 0.6 is 0 Å². The SMILES string of the molecule is CN(Cc1ccc(F)cc1F)C(=O)c1cn[nH]n1. The Bertz CT molecular complexity index is 556. The second-order valence-electron chi connectivity index (χ2n) is 3.75. The second-order valence-corrected chi connectivity index (χ2v) is 3.75. The summed E-state index contributed by atoms with van der Waals surface area (Å²) >= 11 is 0. The van der Waals surface area contributed by atoms with E-state index < -0.39 is 17.5 Å². The minimum atomic E-state index is -0.685. The van der Waals surface area contributed by atoms with E-state index in [1.54, 1.807) is 0 Å². The molecular formula is C11H10F2N4O. The van der Waals surface area contributed by atoms with Gasteiger partial charge < -0.3 is 4.90 Å². The van der Waals surface area contributed by atoms with Crippen molar-refractivity contribution in [2.75, 3.05) is 7.05 Å². The summed E-state index contributed by atoms with van der Waals surface area (Å²) in [6.45, 7) is 0.0256. The third-order valence-electron chi connectivity index (χ3n) is 2.40. The van der Waals surface area contributed by atoms with Crippen molar-refractivity contribution in [1.29, 1.82) is 0 Å². The fraction of sp³-hybridized carbons (Fsp3) is 0.182. The van der Waals surface area contributed by atoms with Gasteiger partial charge in [0.2, 0.25) is 0 Å². The lowest BCUT2D eigenvalue weighted by molar-refractivity contribution is 0.0778. The van der Waals surface area contributed by atoms with Gasteiger partial charge in [0.1, 0.15) is 11.6 Å². The predicted octanol–water partition coefficient (Wildman–Crippen LogP) is 1.36. The van der Waals surface area contributed by atoms with E-state index in [0.717, 1.165) is 12.1 Å². The molecule has 0 atom stereocenters. The normalized spacial score (nSPS) is 10.4. The van der Waals surface area contributed by atoms with Crippen LogP contribution in [0.3, 0.4) is 0 Å². The minimum absolute atomic E-state index is 0.0256. The highest BCUT2D eigenvalue weighted by Crippen LogP contribution is 2.12. The maximum absolute atomic E-state index is 13.4. The first-order chi connectivity index (χ1) is 8.58. The van der Waals surface area contributed by atoms with Crippen LogP contribution in [-0.4, -0.2) is 33.3 Å². The summed E-state index contributed by atoms with van der Waals surface area (Å²) in [5.41, 5.74) is 0.371. The molecule has 1 heterocycles. The largest absolute Gasteiger partial charge is 0.336 e. The van der Waals surface area contributed by atoms with E-state index in [1.165, 1.54) is 24.2 Å². The molecule has 0 aliphatic carbocycles. The van der Waals surface area contributed by atoms with Crippen LogP contribution in [0, 0.1) is 11.6 Å². The Labute approximate surface area is 101 Å². The standard InChI is InChI=1S/C11H10F2N4O/c1-17(11(18)10-5-14-16-15-10)6-7-2-3-8(12)4-9(7)13/h2-5H,6H2,1H3,(H,14,15,16). The zero-order chi connectivity index (χ0) is 13.1. The van der Waals surface area contributed by atoms with Crippen molar-refractivity contribution >= 4 is 5.91 Å². The first kappa shape index (κ1) is 12.2. The third kappa shape index (κ3) is 2.50. The Morgan fingerprint density at radius 2 is 2.22 bits per heavy atom. The Hall–Kier alpha value is -2.31. The summed E-state index contributed by atoms with van der Waals surface area (Å²) in [6, 6.07) is 3.23. The molecular weight excluding hydrogens is 242 g/mol. The van der Waals surface area contributed by atoms with Crippen LogP contribution in [0.4, 0.5) is 8.78 Å². The van der Waals surface area contributed by atoms with Crippen LogP contribution in [0.2, 0.25) is 0 Å². The molecule has 1 aromatic carbocycles. The number of H-pyrrole nitrogens is 1. The lowest BCUT2D eigenvalue weighted by Gasteiger charge is -2.16. The van der Waals surface area contributed by atoms with E-state index >= 15 is 0 Å². The molecule has 0 fully saturated rings. The highest BCUT2D eigenvalue weighted by Gasteiger charge is 2.16. The second kappa shape index (κ2) is 4.91. The van der Waals surface area contributed by atoms with Crippen LogP contribution in [0.15, 0.2) is 24.4 Å². The summed E-state index contributed by atoms with van der Waals surface area (Å²) in [4.78, 5) is 13.1. The van der Waals surface area contributed by atoms with Gasteiger partial charge in [0, 0.05) is 25.2 Å². The van der Waals surface area contributed by atoms with E-state index in [1.807, 2.05) is 0 Å². The first-order valence-electron chi connectivity index (χ1n) is 5.13. The van der Waals surface area contributed by atoms with E-state index in [4.69, 9.17) is 0 Å². The zero-order valence-corrected chi connectivity index (χ0v) is 9.52. The average Bonchev–Trinajstić information content (AvgIpc) is 2.85. The number of rotatable bonds is 3. The fourth-order valence-electron chi connectivity index (χ4n) is 1.48. The molecule has 5 nitrogen and oxygen atoms in total. The van der Waals surface area contributed by atoms with E-state index in [9.17, 15) is 13.6 Å².